The van der Waals surface area contributed by atoms with Gasteiger partial charge in [-0.25, -0.2) is 13.1 Å². The molecule has 0 aliphatic carbocycles. The lowest BCUT2D eigenvalue weighted by Gasteiger charge is -2.07. The van der Waals surface area contributed by atoms with Crippen molar-refractivity contribution in [2.45, 2.75) is 25.3 Å². The van der Waals surface area contributed by atoms with Crippen molar-refractivity contribution in [1.82, 2.24) is 14.9 Å². The van der Waals surface area contributed by atoms with Crippen LogP contribution in [0.15, 0.2) is 57.8 Å². The third-order valence-electron chi connectivity index (χ3n) is 3.64. The molecular weight excluding hydrogens is 326 g/mol. The van der Waals surface area contributed by atoms with Gasteiger partial charge in [-0.15, -0.1) is 10.2 Å². The second kappa shape index (κ2) is 6.54. The molecule has 0 atom stereocenters. The molecule has 0 aliphatic heterocycles. The van der Waals surface area contributed by atoms with Crippen LogP contribution >= 0.6 is 0 Å². The molecule has 1 heterocycles. The molecule has 0 saturated heterocycles. The molecule has 0 spiro atoms. The molecular formula is C17H17N3O3S. The Labute approximate surface area is 140 Å². The third-order valence-corrected chi connectivity index (χ3v) is 5.20. The summed E-state index contributed by atoms with van der Waals surface area (Å²) in [5.41, 5.74) is 2.52. The lowest BCUT2D eigenvalue weighted by Crippen LogP contribution is -2.24. The van der Waals surface area contributed by atoms with E-state index >= 15 is 0 Å². The molecule has 3 rings (SSSR count). The molecule has 6 nitrogen and oxygen atoms in total. The van der Waals surface area contributed by atoms with Gasteiger partial charge >= 0.3 is 0 Å². The number of hydrogen-bond donors (Lipinski definition) is 1. The van der Waals surface area contributed by atoms with Gasteiger partial charge < -0.3 is 4.42 Å². The van der Waals surface area contributed by atoms with E-state index in [1.807, 2.05) is 31.2 Å². The van der Waals surface area contributed by atoms with Crippen LogP contribution in [0.2, 0.25) is 0 Å². The van der Waals surface area contributed by atoms with Gasteiger partial charge in [-0.3, -0.25) is 0 Å². The van der Waals surface area contributed by atoms with Gasteiger partial charge in [0.15, 0.2) is 0 Å². The Balaban J connectivity index is 1.77. The first-order valence-corrected chi connectivity index (χ1v) is 8.89. The summed E-state index contributed by atoms with van der Waals surface area (Å²) in [6.07, 6.45) is 0. The minimum atomic E-state index is -3.63. The van der Waals surface area contributed by atoms with Gasteiger partial charge in [-0.1, -0.05) is 36.4 Å². The van der Waals surface area contributed by atoms with E-state index in [-0.39, 0.29) is 17.3 Å². The van der Waals surface area contributed by atoms with Crippen molar-refractivity contribution in [3.63, 3.8) is 0 Å². The fourth-order valence-corrected chi connectivity index (χ4v) is 3.56. The highest BCUT2D eigenvalue weighted by atomic mass is 32.2. The van der Waals surface area contributed by atoms with Crippen LogP contribution in [-0.2, 0) is 16.6 Å². The Kier molecular flexibility index (Phi) is 4.46. The summed E-state index contributed by atoms with van der Waals surface area (Å²) in [6, 6.07) is 14.4. The van der Waals surface area contributed by atoms with Crippen molar-refractivity contribution in [3.05, 3.63) is 65.5 Å². The van der Waals surface area contributed by atoms with Crippen molar-refractivity contribution < 1.29 is 12.8 Å². The summed E-state index contributed by atoms with van der Waals surface area (Å²) < 4.78 is 32.8. The number of nitrogens with zero attached hydrogens (tertiary/aromatic N) is 2. The fourth-order valence-electron chi connectivity index (χ4n) is 2.34. The molecule has 3 aromatic rings. The van der Waals surface area contributed by atoms with Crippen LogP contribution in [0.25, 0.3) is 11.5 Å². The maximum atomic E-state index is 12.4. The van der Waals surface area contributed by atoms with Gasteiger partial charge in [0.2, 0.25) is 21.8 Å². The summed E-state index contributed by atoms with van der Waals surface area (Å²) in [7, 11) is -3.63. The van der Waals surface area contributed by atoms with Gasteiger partial charge in [0.05, 0.1) is 11.4 Å². The first-order valence-electron chi connectivity index (χ1n) is 7.41. The van der Waals surface area contributed by atoms with Crippen molar-refractivity contribution in [2.24, 2.45) is 0 Å². The van der Waals surface area contributed by atoms with Gasteiger partial charge in [0.1, 0.15) is 0 Å². The number of sulfonamides is 1. The molecule has 24 heavy (non-hydrogen) atoms. The van der Waals surface area contributed by atoms with E-state index in [1.165, 1.54) is 0 Å². The smallest absolute Gasteiger partial charge is 0.248 e. The molecule has 1 N–H and O–H groups in total. The van der Waals surface area contributed by atoms with E-state index in [0.29, 0.717) is 11.5 Å². The number of benzene rings is 2. The SMILES string of the molecule is Cc1ccccc1-c1nnc(CNS(=O)(=O)c2ccccc2C)o1. The Morgan fingerprint density at radius 3 is 2.33 bits per heavy atom. The first-order chi connectivity index (χ1) is 11.5. The molecule has 2 aromatic carbocycles. The number of aryl methyl sites for hydroxylation is 2. The maximum Gasteiger partial charge on any atom is 0.248 e. The summed E-state index contributed by atoms with van der Waals surface area (Å²) in [5.74, 6) is 0.587. The third kappa shape index (κ3) is 3.37. The molecule has 0 fully saturated rings. The average Bonchev–Trinajstić information content (AvgIpc) is 3.02. The molecule has 1 aromatic heterocycles. The van der Waals surface area contributed by atoms with Crippen LogP contribution in [0.1, 0.15) is 17.0 Å². The molecule has 0 unspecified atom stereocenters. The summed E-state index contributed by atoms with van der Waals surface area (Å²) in [6.45, 7) is 3.63. The van der Waals surface area contributed by atoms with Gasteiger partial charge in [0.25, 0.3) is 0 Å². The normalized spacial score (nSPS) is 11.6. The highest BCUT2D eigenvalue weighted by molar-refractivity contribution is 7.89. The minimum absolute atomic E-state index is 0.0600. The molecule has 0 aliphatic rings. The average molecular weight is 343 g/mol. The summed E-state index contributed by atoms with van der Waals surface area (Å²) in [4.78, 5) is 0.239. The number of rotatable bonds is 5. The fraction of sp³-hybridized carbons (Fsp3) is 0.176. The van der Waals surface area contributed by atoms with Crippen molar-refractivity contribution >= 4 is 10.0 Å². The first kappa shape index (κ1) is 16.4. The Bertz CT molecular complexity index is 964. The van der Waals surface area contributed by atoms with Crippen LogP contribution < -0.4 is 4.72 Å². The van der Waals surface area contributed by atoms with E-state index in [4.69, 9.17) is 4.42 Å². The van der Waals surface area contributed by atoms with Crippen LogP contribution in [0.4, 0.5) is 0 Å². The van der Waals surface area contributed by atoms with Crippen molar-refractivity contribution in [2.75, 3.05) is 0 Å². The zero-order valence-electron chi connectivity index (χ0n) is 13.4. The monoisotopic (exact) mass is 343 g/mol. The second-order valence-corrected chi connectivity index (χ2v) is 7.14. The number of hydrogen-bond acceptors (Lipinski definition) is 5. The molecule has 124 valence electrons. The van der Waals surface area contributed by atoms with Gasteiger partial charge in [-0.05, 0) is 37.1 Å². The maximum absolute atomic E-state index is 12.4. The molecule has 0 radical (unpaired) electrons. The lowest BCUT2D eigenvalue weighted by atomic mass is 10.1. The zero-order chi connectivity index (χ0) is 17.2. The summed E-state index contributed by atoms with van der Waals surface area (Å²) >= 11 is 0. The highest BCUT2D eigenvalue weighted by Gasteiger charge is 2.18. The summed E-state index contributed by atoms with van der Waals surface area (Å²) in [5, 5.41) is 7.90. The van der Waals surface area contributed by atoms with Crippen molar-refractivity contribution in [3.8, 4) is 11.5 Å². The highest BCUT2D eigenvalue weighted by Crippen LogP contribution is 2.21. The van der Waals surface area contributed by atoms with E-state index in [0.717, 1.165) is 11.1 Å². The largest absolute Gasteiger partial charge is 0.419 e. The van der Waals surface area contributed by atoms with Crippen LogP contribution in [0.3, 0.4) is 0 Å². The van der Waals surface area contributed by atoms with E-state index in [9.17, 15) is 8.42 Å². The predicted molar refractivity (Wildman–Crippen MR) is 89.7 cm³/mol. The van der Waals surface area contributed by atoms with Gasteiger partial charge in [0, 0.05) is 5.56 Å². The van der Waals surface area contributed by atoms with Crippen LogP contribution in [-0.4, -0.2) is 18.6 Å². The number of aromatic nitrogens is 2. The molecule has 0 bridgehead atoms. The lowest BCUT2D eigenvalue weighted by molar-refractivity contribution is 0.494. The van der Waals surface area contributed by atoms with Crippen LogP contribution in [0.5, 0.6) is 0 Å². The molecule has 0 saturated carbocycles. The zero-order valence-corrected chi connectivity index (χ0v) is 14.2. The van der Waals surface area contributed by atoms with E-state index in [1.54, 1.807) is 31.2 Å². The Hall–Kier alpha value is -2.51. The van der Waals surface area contributed by atoms with E-state index < -0.39 is 10.0 Å². The molecule has 7 heteroatoms. The van der Waals surface area contributed by atoms with Gasteiger partial charge in [-0.2, -0.15) is 0 Å². The van der Waals surface area contributed by atoms with Crippen molar-refractivity contribution in [1.29, 1.82) is 0 Å². The quantitative estimate of drug-likeness (QED) is 0.770. The molecule has 0 amide bonds. The Morgan fingerprint density at radius 2 is 1.62 bits per heavy atom. The number of nitrogens with one attached hydrogen (secondary N) is 1. The van der Waals surface area contributed by atoms with Crippen LogP contribution in [0, 0.1) is 13.8 Å². The second-order valence-electron chi connectivity index (χ2n) is 5.41. The predicted octanol–water partition coefficient (Wildman–Crippen LogP) is 2.83. The Morgan fingerprint density at radius 1 is 0.958 bits per heavy atom. The minimum Gasteiger partial charge on any atom is -0.419 e. The van der Waals surface area contributed by atoms with E-state index in [2.05, 4.69) is 14.9 Å². The standard InChI is InChI=1S/C17H17N3O3S/c1-12-7-3-5-9-14(12)17-20-19-16(23-17)11-18-24(21,22)15-10-6-4-8-13(15)2/h3-10,18H,11H2,1-2H3. The topological polar surface area (TPSA) is 85.1 Å².